The molecule has 110 valence electrons. The number of hydrogen-bond acceptors (Lipinski definition) is 2. The largest absolute Gasteiger partial charge is 0.292 e. The summed E-state index contributed by atoms with van der Waals surface area (Å²) in [5.41, 5.74) is -0.0238. The fraction of sp³-hybridized carbons (Fsp3) is 0.562. The molecule has 0 spiro atoms. The highest BCUT2D eigenvalue weighted by Crippen LogP contribution is 2.26. The predicted octanol–water partition coefficient (Wildman–Crippen LogP) is 3.66. The van der Waals surface area contributed by atoms with Crippen LogP contribution in [0.4, 0.5) is 8.78 Å². The number of carbonyl (C=O) groups excluding carboxylic acids is 1. The number of piperidine rings is 1. The molecule has 1 aromatic carbocycles. The van der Waals surface area contributed by atoms with Crippen LogP contribution in [0.25, 0.3) is 0 Å². The van der Waals surface area contributed by atoms with Gasteiger partial charge in [0.1, 0.15) is 11.6 Å². The standard InChI is InChI=1S/C16H21F2NO/c1-10-5-4-8-19(11(10)2)12(3)16(20)14-7-6-13(17)9-15(14)18/h6-7,9-12H,4-5,8H2,1-3H3. The van der Waals surface area contributed by atoms with Crippen molar-refractivity contribution < 1.29 is 13.6 Å². The van der Waals surface area contributed by atoms with E-state index in [1.54, 1.807) is 6.92 Å². The molecule has 0 N–H and O–H groups in total. The first-order valence-electron chi connectivity index (χ1n) is 7.17. The fourth-order valence-corrected chi connectivity index (χ4v) is 2.98. The van der Waals surface area contributed by atoms with Crippen LogP contribution in [0.2, 0.25) is 0 Å². The fourth-order valence-electron chi connectivity index (χ4n) is 2.98. The molecular weight excluding hydrogens is 260 g/mol. The molecule has 3 unspecified atom stereocenters. The predicted molar refractivity (Wildman–Crippen MR) is 74.7 cm³/mol. The molecule has 0 saturated carbocycles. The Hall–Kier alpha value is -1.29. The summed E-state index contributed by atoms with van der Waals surface area (Å²) < 4.78 is 26.6. The molecule has 0 amide bonds. The van der Waals surface area contributed by atoms with E-state index in [0.717, 1.165) is 31.5 Å². The van der Waals surface area contributed by atoms with Crippen molar-refractivity contribution in [2.75, 3.05) is 6.54 Å². The number of likely N-dealkylation sites (tertiary alicyclic amines) is 1. The van der Waals surface area contributed by atoms with Crippen molar-refractivity contribution in [1.29, 1.82) is 0 Å². The van der Waals surface area contributed by atoms with Crippen LogP contribution in [0.5, 0.6) is 0 Å². The Morgan fingerprint density at radius 2 is 2.05 bits per heavy atom. The summed E-state index contributed by atoms with van der Waals surface area (Å²) in [4.78, 5) is 14.5. The second-order valence-electron chi connectivity index (χ2n) is 5.76. The Morgan fingerprint density at radius 1 is 1.35 bits per heavy atom. The van der Waals surface area contributed by atoms with Gasteiger partial charge in [-0.15, -0.1) is 0 Å². The first-order chi connectivity index (χ1) is 9.41. The Bertz CT molecular complexity index is 503. The van der Waals surface area contributed by atoms with Gasteiger partial charge in [0, 0.05) is 12.1 Å². The van der Waals surface area contributed by atoms with Gasteiger partial charge in [-0.2, -0.15) is 0 Å². The third-order valence-electron chi connectivity index (χ3n) is 4.50. The SMILES string of the molecule is CC1CCCN(C(C)C(=O)c2ccc(F)cc2F)C1C. The van der Waals surface area contributed by atoms with E-state index in [1.165, 1.54) is 6.07 Å². The second-order valence-corrected chi connectivity index (χ2v) is 5.76. The van der Waals surface area contributed by atoms with Crippen LogP contribution in [0, 0.1) is 17.6 Å². The van der Waals surface area contributed by atoms with Crippen molar-refractivity contribution in [3.8, 4) is 0 Å². The molecule has 1 aliphatic heterocycles. The van der Waals surface area contributed by atoms with Gasteiger partial charge in [-0.1, -0.05) is 6.92 Å². The number of rotatable bonds is 3. The van der Waals surface area contributed by atoms with E-state index in [4.69, 9.17) is 0 Å². The van der Waals surface area contributed by atoms with Crippen molar-refractivity contribution in [2.24, 2.45) is 5.92 Å². The maximum absolute atomic E-state index is 13.7. The van der Waals surface area contributed by atoms with Crippen LogP contribution in [-0.4, -0.2) is 29.3 Å². The normalized spacial score (nSPS) is 25.4. The van der Waals surface area contributed by atoms with E-state index in [-0.39, 0.29) is 17.4 Å². The summed E-state index contributed by atoms with van der Waals surface area (Å²) in [6.45, 7) is 6.93. The van der Waals surface area contributed by atoms with Crippen molar-refractivity contribution in [3.05, 3.63) is 35.4 Å². The van der Waals surface area contributed by atoms with Crippen molar-refractivity contribution >= 4 is 5.78 Å². The molecule has 0 aliphatic carbocycles. The molecule has 4 heteroatoms. The monoisotopic (exact) mass is 281 g/mol. The summed E-state index contributed by atoms with van der Waals surface area (Å²) in [6.07, 6.45) is 2.21. The van der Waals surface area contributed by atoms with E-state index in [0.29, 0.717) is 12.0 Å². The van der Waals surface area contributed by atoms with Crippen LogP contribution in [-0.2, 0) is 0 Å². The van der Waals surface area contributed by atoms with Crippen LogP contribution < -0.4 is 0 Å². The lowest BCUT2D eigenvalue weighted by atomic mass is 9.89. The zero-order chi connectivity index (χ0) is 14.9. The minimum absolute atomic E-state index is 0.0238. The summed E-state index contributed by atoms with van der Waals surface area (Å²) in [5.74, 6) is -1.19. The molecule has 0 aromatic heterocycles. The van der Waals surface area contributed by atoms with Gasteiger partial charge >= 0.3 is 0 Å². The lowest BCUT2D eigenvalue weighted by Gasteiger charge is -2.41. The lowest BCUT2D eigenvalue weighted by molar-refractivity contribution is 0.0566. The van der Waals surface area contributed by atoms with Gasteiger partial charge in [-0.25, -0.2) is 8.78 Å². The molecule has 0 bridgehead atoms. The smallest absolute Gasteiger partial charge is 0.182 e. The van der Waals surface area contributed by atoms with Gasteiger partial charge < -0.3 is 0 Å². The first-order valence-corrected chi connectivity index (χ1v) is 7.17. The Balaban J connectivity index is 2.19. The number of halogens is 2. The van der Waals surface area contributed by atoms with E-state index in [9.17, 15) is 13.6 Å². The molecule has 1 saturated heterocycles. The minimum atomic E-state index is -0.778. The summed E-state index contributed by atoms with van der Waals surface area (Å²) in [5, 5.41) is 0. The number of hydrogen-bond donors (Lipinski definition) is 0. The molecule has 2 rings (SSSR count). The maximum atomic E-state index is 13.7. The number of Topliss-reactive ketones (excluding diaryl/α,β-unsaturated/α-hetero) is 1. The summed E-state index contributed by atoms with van der Waals surface area (Å²) in [7, 11) is 0. The zero-order valence-corrected chi connectivity index (χ0v) is 12.2. The summed E-state index contributed by atoms with van der Waals surface area (Å²) in [6, 6.07) is 3.05. The Morgan fingerprint density at radius 3 is 2.70 bits per heavy atom. The van der Waals surface area contributed by atoms with Gasteiger partial charge in [0.25, 0.3) is 0 Å². The van der Waals surface area contributed by atoms with Crippen molar-refractivity contribution in [1.82, 2.24) is 4.90 Å². The molecule has 1 aliphatic rings. The highest BCUT2D eigenvalue weighted by molar-refractivity contribution is 6.00. The van der Waals surface area contributed by atoms with E-state index in [1.807, 2.05) is 0 Å². The van der Waals surface area contributed by atoms with E-state index in [2.05, 4.69) is 18.7 Å². The van der Waals surface area contributed by atoms with Gasteiger partial charge in [-0.3, -0.25) is 9.69 Å². The first kappa shape index (κ1) is 15.1. The van der Waals surface area contributed by atoms with Crippen molar-refractivity contribution in [2.45, 2.75) is 45.7 Å². The van der Waals surface area contributed by atoms with E-state index < -0.39 is 11.6 Å². The molecule has 0 radical (unpaired) electrons. The van der Waals surface area contributed by atoms with Crippen LogP contribution >= 0.6 is 0 Å². The van der Waals surface area contributed by atoms with Gasteiger partial charge in [0.15, 0.2) is 5.78 Å². The Kier molecular flexibility index (Phi) is 4.53. The molecule has 20 heavy (non-hydrogen) atoms. The minimum Gasteiger partial charge on any atom is -0.292 e. The number of carbonyl (C=O) groups is 1. The highest BCUT2D eigenvalue weighted by Gasteiger charge is 2.32. The van der Waals surface area contributed by atoms with E-state index >= 15 is 0 Å². The lowest BCUT2D eigenvalue weighted by Crippen LogP contribution is -2.50. The number of benzene rings is 1. The topological polar surface area (TPSA) is 20.3 Å². The van der Waals surface area contributed by atoms with Gasteiger partial charge in [0.2, 0.25) is 0 Å². The van der Waals surface area contributed by atoms with Crippen molar-refractivity contribution in [3.63, 3.8) is 0 Å². The molecule has 1 aromatic rings. The zero-order valence-electron chi connectivity index (χ0n) is 12.2. The average molecular weight is 281 g/mol. The second kappa shape index (κ2) is 6.00. The maximum Gasteiger partial charge on any atom is 0.182 e. The third kappa shape index (κ3) is 2.90. The quantitative estimate of drug-likeness (QED) is 0.788. The highest BCUT2D eigenvalue weighted by atomic mass is 19.1. The third-order valence-corrected chi connectivity index (χ3v) is 4.50. The molecule has 1 fully saturated rings. The summed E-state index contributed by atoms with van der Waals surface area (Å²) >= 11 is 0. The Labute approximate surface area is 118 Å². The number of ketones is 1. The van der Waals surface area contributed by atoms with Gasteiger partial charge in [-0.05, 0) is 51.3 Å². The van der Waals surface area contributed by atoms with Crippen LogP contribution in [0.3, 0.4) is 0 Å². The van der Waals surface area contributed by atoms with Crippen LogP contribution in [0.15, 0.2) is 18.2 Å². The number of nitrogens with zero attached hydrogens (tertiary/aromatic N) is 1. The molecule has 1 heterocycles. The average Bonchev–Trinajstić information content (AvgIpc) is 2.40. The van der Waals surface area contributed by atoms with Crippen LogP contribution in [0.1, 0.15) is 44.0 Å². The molecule has 2 nitrogen and oxygen atoms in total. The van der Waals surface area contributed by atoms with Gasteiger partial charge in [0.05, 0.1) is 11.6 Å². The molecular formula is C16H21F2NO. The molecule has 3 atom stereocenters.